The molecule has 3 amide bonds. The summed E-state index contributed by atoms with van der Waals surface area (Å²) in [4.78, 5) is 29.0. The van der Waals surface area contributed by atoms with Gasteiger partial charge in [-0.2, -0.15) is 0 Å². The van der Waals surface area contributed by atoms with Crippen LogP contribution in [0.1, 0.15) is 23.2 Å². The molecule has 3 rings (SSSR count). The molecule has 0 aromatic carbocycles. The summed E-state index contributed by atoms with van der Waals surface area (Å²) in [6.45, 7) is 2.20. The second kappa shape index (κ2) is 7.14. The summed E-state index contributed by atoms with van der Waals surface area (Å²) in [6.07, 6.45) is 4.60. The maximum Gasteiger partial charge on any atom is 0.314 e. The number of urea groups is 1. The number of amides is 3. The quantitative estimate of drug-likeness (QED) is 0.818. The van der Waals surface area contributed by atoms with Gasteiger partial charge in [0.15, 0.2) is 0 Å². The first-order valence-electron chi connectivity index (χ1n) is 8.06. The Morgan fingerprint density at radius 3 is 3.12 bits per heavy atom. The fraction of sp³-hybridized carbons (Fsp3) is 0.562. The van der Waals surface area contributed by atoms with E-state index in [0.717, 1.165) is 12.8 Å². The van der Waals surface area contributed by atoms with E-state index in [2.05, 4.69) is 10.3 Å². The Hall–Kier alpha value is -2.19. The van der Waals surface area contributed by atoms with Crippen molar-refractivity contribution in [1.29, 1.82) is 0 Å². The molecule has 1 aromatic heterocycles. The van der Waals surface area contributed by atoms with E-state index in [9.17, 15) is 9.59 Å². The second-order valence-corrected chi connectivity index (χ2v) is 6.23. The number of carbonyl (C=O) groups excluding carboxylic acids is 2. The fourth-order valence-electron chi connectivity index (χ4n) is 3.16. The van der Waals surface area contributed by atoms with E-state index in [1.165, 1.54) is 6.20 Å². The zero-order chi connectivity index (χ0) is 17.0. The highest BCUT2D eigenvalue weighted by atomic mass is 16.6. The number of nitrogens with one attached hydrogen (secondary N) is 1. The molecule has 2 aliphatic rings. The molecule has 2 saturated heterocycles. The first kappa shape index (κ1) is 16.7. The summed E-state index contributed by atoms with van der Waals surface area (Å²) >= 11 is 0. The van der Waals surface area contributed by atoms with Gasteiger partial charge in [-0.3, -0.25) is 9.78 Å². The van der Waals surface area contributed by atoms with Crippen LogP contribution in [0, 0.1) is 0 Å². The molecule has 1 spiro atoms. The Bertz CT molecular complexity index is 597. The summed E-state index contributed by atoms with van der Waals surface area (Å²) in [6, 6.07) is 2.97. The Labute approximate surface area is 140 Å². The van der Waals surface area contributed by atoms with Gasteiger partial charge in [-0.05, 0) is 25.0 Å². The molecule has 0 bridgehead atoms. The molecule has 8 heteroatoms. The zero-order valence-corrected chi connectivity index (χ0v) is 13.4. The van der Waals surface area contributed by atoms with Crippen molar-refractivity contribution >= 4 is 11.9 Å². The second-order valence-electron chi connectivity index (χ2n) is 6.23. The first-order valence-corrected chi connectivity index (χ1v) is 8.06. The van der Waals surface area contributed by atoms with E-state index >= 15 is 0 Å². The Kier molecular flexibility index (Phi) is 4.96. The Balaban J connectivity index is 1.55. The van der Waals surface area contributed by atoms with Gasteiger partial charge >= 0.3 is 6.03 Å². The van der Waals surface area contributed by atoms with Crippen LogP contribution >= 0.6 is 0 Å². The van der Waals surface area contributed by atoms with Gasteiger partial charge in [0.25, 0.3) is 5.91 Å². The van der Waals surface area contributed by atoms with E-state index in [-0.39, 0.29) is 12.0 Å². The molecule has 2 fully saturated rings. The number of nitrogens with zero attached hydrogens (tertiary/aromatic N) is 2. The number of rotatable bonds is 3. The summed E-state index contributed by atoms with van der Waals surface area (Å²) in [5.74, 6) is -0.177. The van der Waals surface area contributed by atoms with Crippen molar-refractivity contribution in [2.24, 2.45) is 5.73 Å². The van der Waals surface area contributed by atoms with Gasteiger partial charge in [-0.25, -0.2) is 4.79 Å². The van der Waals surface area contributed by atoms with Crippen molar-refractivity contribution in [1.82, 2.24) is 15.2 Å². The lowest BCUT2D eigenvalue weighted by Crippen LogP contribution is -2.48. The monoisotopic (exact) mass is 334 g/mol. The van der Waals surface area contributed by atoms with Crippen LogP contribution in [-0.2, 0) is 9.47 Å². The average Bonchev–Trinajstić information content (AvgIpc) is 2.86. The van der Waals surface area contributed by atoms with E-state index in [4.69, 9.17) is 15.2 Å². The number of hydrogen-bond acceptors (Lipinski definition) is 5. The molecular formula is C16H22N4O4. The molecule has 3 N–H and O–H groups in total. The number of nitrogens with two attached hydrogens (primary N) is 1. The third-order valence-electron chi connectivity index (χ3n) is 4.41. The highest BCUT2D eigenvalue weighted by molar-refractivity contribution is 5.93. The first-order chi connectivity index (χ1) is 11.6. The Morgan fingerprint density at radius 2 is 2.38 bits per heavy atom. The maximum atomic E-state index is 12.1. The molecule has 0 aliphatic carbocycles. The van der Waals surface area contributed by atoms with Crippen LogP contribution in [0.2, 0.25) is 0 Å². The molecule has 24 heavy (non-hydrogen) atoms. The van der Waals surface area contributed by atoms with Crippen LogP contribution in [0.15, 0.2) is 24.5 Å². The normalized spacial score (nSPS) is 27.0. The lowest BCUT2D eigenvalue weighted by molar-refractivity contribution is -0.0817. The van der Waals surface area contributed by atoms with E-state index in [0.29, 0.717) is 38.4 Å². The largest absolute Gasteiger partial charge is 0.377 e. The number of ether oxygens (including phenoxy) is 2. The van der Waals surface area contributed by atoms with Crippen LogP contribution in [0.25, 0.3) is 0 Å². The van der Waals surface area contributed by atoms with Crippen LogP contribution in [0.5, 0.6) is 0 Å². The standard InChI is InChI=1S/C16H22N4O4/c17-15(22)20-6-7-23-11-16(10-20)4-3-13(24-16)9-19-14(21)12-2-1-5-18-8-12/h1-2,5,8,13H,3-4,6-7,9-11H2,(H2,17,22)(H,19,21)/t13-,16+/m0/s1. The predicted molar refractivity (Wildman–Crippen MR) is 85.4 cm³/mol. The van der Waals surface area contributed by atoms with Gasteiger partial charge < -0.3 is 25.4 Å². The number of hydrogen-bond donors (Lipinski definition) is 2. The molecule has 3 heterocycles. The van der Waals surface area contributed by atoms with Crippen molar-refractivity contribution in [2.75, 3.05) is 32.8 Å². The highest BCUT2D eigenvalue weighted by Crippen LogP contribution is 2.32. The van der Waals surface area contributed by atoms with Gasteiger partial charge in [-0.1, -0.05) is 0 Å². The van der Waals surface area contributed by atoms with Gasteiger partial charge in [0, 0.05) is 25.5 Å². The maximum absolute atomic E-state index is 12.1. The Morgan fingerprint density at radius 1 is 1.50 bits per heavy atom. The lowest BCUT2D eigenvalue weighted by atomic mass is 10.0. The number of aromatic nitrogens is 1. The van der Waals surface area contributed by atoms with E-state index in [1.54, 1.807) is 23.2 Å². The minimum atomic E-state index is -0.533. The van der Waals surface area contributed by atoms with Gasteiger partial charge in [-0.15, -0.1) is 0 Å². The van der Waals surface area contributed by atoms with E-state index in [1.807, 2.05) is 0 Å². The third kappa shape index (κ3) is 3.82. The average molecular weight is 334 g/mol. The third-order valence-corrected chi connectivity index (χ3v) is 4.41. The molecule has 8 nitrogen and oxygen atoms in total. The zero-order valence-electron chi connectivity index (χ0n) is 13.4. The summed E-state index contributed by atoms with van der Waals surface area (Å²) in [5.41, 5.74) is 5.38. The van der Waals surface area contributed by atoms with Crippen LogP contribution in [-0.4, -0.2) is 66.4 Å². The van der Waals surface area contributed by atoms with Gasteiger partial charge in [0.05, 0.1) is 31.4 Å². The van der Waals surface area contributed by atoms with Gasteiger partial charge in [0.1, 0.15) is 5.60 Å². The van der Waals surface area contributed by atoms with E-state index < -0.39 is 11.6 Å². The number of pyridine rings is 1. The van der Waals surface area contributed by atoms with Crippen molar-refractivity contribution in [2.45, 2.75) is 24.5 Å². The lowest BCUT2D eigenvalue weighted by Gasteiger charge is -2.31. The fourth-order valence-corrected chi connectivity index (χ4v) is 3.16. The molecule has 0 unspecified atom stereocenters. The van der Waals surface area contributed by atoms with Crippen LogP contribution in [0.3, 0.4) is 0 Å². The molecular weight excluding hydrogens is 312 g/mol. The molecule has 1 aromatic rings. The minimum absolute atomic E-state index is 0.109. The molecule has 2 atom stereocenters. The predicted octanol–water partition coefficient (Wildman–Crippen LogP) is 0.140. The summed E-state index contributed by atoms with van der Waals surface area (Å²) < 4.78 is 11.7. The molecule has 2 aliphatic heterocycles. The molecule has 130 valence electrons. The highest BCUT2D eigenvalue weighted by Gasteiger charge is 2.43. The number of primary amides is 1. The van der Waals surface area contributed by atoms with Crippen molar-refractivity contribution in [3.05, 3.63) is 30.1 Å². The smallest absolute Gasteiger partial charge is 0.314 e. The van der Waals surface area contributed by atoms with Crippen molar-refractivity contribution < 1.29 is 19.1 Å². The van der Waals surface area contributed by atoms with Crippen LogP contribution < -0.4 is 11.1 Å². The van der Waals surface area contributed by atoms with Gasteiger partial charge in [0.2, 0.25) is 0 Å². The van der Waals surface area contributed by atoms with Crippen molar-refractivity contribution in [3.8, 4) is 0 Å². The van der Waals surface area contributed by atoms with Crippen LogP contribution in [0.4, 0.5) is 4.79 Å². The number of carbonyl (C=O) groups is 2. The SMILES string of the molecule is NC(=O)N1CCOC[C@@]2(CC[C@@H](CNC(=O)c3cccnc3)O2)C1. The molecule has 0 radical (unpaired) electrons. The topological polar surface area (TPSA) is 107 Å². The van der Waals surface area contributed by atoms with Crippen molar-refractivity contribution in [3.63, 3.8) is 0 Å². The summed E-state index contributed by atoms with van der Waals surface area (Å²) in [5, 5.41) is 2.86. The summed E-state index contributed by atoms with van der Waals surface area (Å²) in [7, 11) is 0. The minimum Gasteiger partial charge on any atom is -0.377 e. The molecule has 0 saturated carbocycles.